The third kappa shape index (κ3) is 1.69. The van der Waals surface area contributed by atoms with Gasteiger partial charge in [-0.05, 0) is 24.0 Å². The van der Waals surface area contributed by atoms with Crippen LogP contribution in [0.2, 0.25) is 0 Å². The van der Waals surface area contributed by atoms with Crippen LogP contribution >= 0.6 is 0 Å². The Balaban J connectivity index is 2.13. The van der Waals surface area contributed by atoms with Gasteiger partial charge in [-0.2, -0.15) is 0 Å². The first-order chi connectivity index (χ1) is 6.77. The van der Waals surface area contributed by atoms with Crippen LogP contribution in [0.25, 0.3) is 5.57 Å². The van der Waals surface area contributed by atoms with Gasteiger partial charge in [0.25, 0.3) is 0 Å². The van der Waals surface area contributed by atoms with E-state index in [0.717, 1.165) is 11.1 Å². The minimum atomic E-state index is -0.688. The fraction of sp³-hybridized carbons (Fsp3) is 0.250. The predicted octanol–water partition coefficient (Wildman–Crippen LogP) is 2.56. The molecule has 14 heavy (non-hydrogen) atoms. The van der Waals surface area contributed by atoms with Gasteiger partial charge in [0.05, 0.1) is 5.92 Å². The molecular formula is C12H12O2. The Hall–Kier alpha value is -1.57. The highest BCUT2D eigenvalue weighted by Crippen LogP contribution is 2.31. The van der Waals surface area contributed by atoms with Crippen molar-refractivity contribution in [1.82, 2.24) is 0 Å². The Bertz CT molecular complexity index is 365. The molecule has 2 rings (SSSR count). The molecule has 0 fully saturated rings. The van der Waals surface area contributed by atoms with E-state index < -0.39 is 5.97 Å². The minimum absolute atomic E-state index is 0.217. The highest BCUT2D eigenvalue weighted by molar-refractivity contribution is 5.78. The molecular weight excluding hydrogens is 176 g/mol. The second-order valence-corrected chi connectivity index (χ2v) is 3.57. The highest BCUT2D eigenvalue weighted by atomic mass is 16.4. The van der Waals surface area contributed by atoms with Gasteiger partial charge < -0.3 is 5.11 Å². The van der Waals surface area contributed by atoms with Gasteiger partial charge in [0.1, 0.15) is 0 Å². The Morgan fingerprint density at radius 2 is 2.00 bits per heavy atom. The van der Waals surface area contributed by atoms with E-state index in [0.29, 0.717) is 12.8 Å². The van der Waals surface area contributed by atoms with Crippen molar-refractivity contribution < 1.29 is 9.90 Å². The number of carboxylic acid groups (broad SMARTS) is 1. The molecule has 72 valence electrons. The van der Waals surface area contributed by atoms with Gasteiger partial charge >= 0.3 is 5.97 Å². The molecule has 0 bridgehead atoms. The topological polar surface area (TPSA) is 37.3 Å². The van der Waals surface area contributed by atoms with E-state index in [1.54, 1.807) is 0 Å². The minimum Gasteiger partial charge on any atom is -0.481 e. The Morgan fingerprint density at radius 3 is 2.57 bits per heavy atom. The maximum Gasteiger partial charge on any atom is 0.307 e. The lowest BCUT2D eigenvalue weighted by Crippen LogP contribution is -2.09. The molecule has 1 atom stereocenters. The number of allylic oxidation sites excluding steroid dienone is 2. The summed E-state index contributed by atoms with van der Waals surface area (Å²) < 4.78 is 0. The molecule has 0 radical (unpaired) electrons. The average molecular weight is 188 g/mol. The van der Waals surface area contributed by atoms with Gasteiger partial charge in [-0.1, -0.05) is 36.4 Å². The molecule has 0 spiro atoms. The normalized spacial score (nSPS) is 20.6. The van der Waals surface area contributed by atoms with Crippen molar-refractivity contribution in [3.63, 3.8) is 0 Å². The van der Waals surface area contributed by atoms with Crippen molar-refractivity contribution in [1.29, 1.82) is 0 Å². The summed E-state index contributed by atoms with van der Waals surface area (Å²) in [5.74, 6) is -0.905. The Kier molecular flexibility index (Phi) is 2.35. The van der Waals surface area contributed by atoms with Crippen LogP contribution in [0.1, 0.15) is 18.4 Å². The second-order valence-electron chi connectivity index (χ2n) is 3.57. The zero-order chi connectivity index (χ0) is 9.97. The van der Waals surface area contributed by atoms with Crippen LogP contribution in [0.5, 0.6) is 0 Å². The van der Waals surface area contributed by atoms with E-state index in [2.05, 4.69) is 0 Å². The molecule has 0 aliphatic heterocycles. The van der Waals surface area contributed by atoms with E-state index >= 15 is 0 Å². The first kappa shape index (κ1) is 9.00. The van der Waals surface area contributed by atoms with E-state index in [4.69, 9.17) is 5.11 Å². The lowest BCUT2D eigenvalue weighted by molar-refractivity contribution is -0.141. The van der Waals surface area contributed by atoms with Crippen molar-refractivity contribution in [2.24, 2.45) is 5.92 Å². The molecule has 2 heteroatoms. The lowest BCUT2D eigenvalue weighted by atomic mass is 10.0. The number of carbonyl (C=O) groups is 1. The summed E-state index contributed by atoms with van der Waals surface area (Å²) in [5, 5.41) is 8.84. The van der Waals surface area contributed by atoms with Crippen molar-refractivity contribution in [2.75, 3.05) is 0 Å². The maximum absolute atomic E-state index is 10.7. The molecule has 1 aliphatic carbocycles. The van der Waals surface area contributed by atoms with Crippen molar-refractivity contribution >= 4 is 11.5 Å². The summed E-state index contributed by atoms with van der Waals surface area (Å²) in [6.45, 7) is 0. The number of carboxylic acids is 1. The summed E-state index contributed by atoms with van der Waals surface area (Å²) in [4.78, 5) is 10.7. The van der Waals surface area contributed by atoms with Crippen LogP contribution in [0.15, 0.2) is 36.4 Å². The van der Waals surface area contributed by atoms with Gasteiger partial charge in [-0.3, -0.25) is 4.79 Å². The van der Waals surface area contributed by atoms with Crippen LogP contribution in [-0.4, -0.2) is 11.1 Å². The van der Waals surface area contributed by atoms with Gasteiger partial charge in [0, 0.05) is 0 Å². The number of rotatable bonds is 2. The zero-order valence-corrected chi connectivity index (χ0v) is 7.81. The van der Waals surface area contributed by atoms with Crippen molar-refractivity contribution in [3.05, 3.63) is 42.0 Å². The molecule has 0 saturated carbocycles. The van der Waals surface area contributed by atoms with E-state index in [1.165, 1.54) is 0 Å². The molecule has 1 aromatic rings. The molecule has 1 N–H and O–H groups in total. The number of hydrogen-bond acceptors (Lipinski definition) is 1. The smallest absolute Gasteiger partial charge is 0.307 e. The fourth-order valence-corrected chi connectivity index (χ4v) is 1.79. The zero-order valence-electron chi connectivity index (χ0n) is 7.81. The Labute approximate surface area is 82.9 Å². The van der Waals surface area contributed by atoms with Crippen LogP contribution in [0, 0.1) is 5.92 Å². The first-order valence-electron chi connectivity index (χ1n) is 4.74. The lowest BCUT2D eigenvalue weighted by Gasteiger charge is -2.04. The quantitative estimate of drug-likeness (QED) is 0.774. The highest BCUT2D eigenvalue weighted by Gasteiger charge is 2.23. The first-order valence-corrected chi connectivity index (χ1v) is 4.74. The maximum atomic E-state index is 10.7. The van der Waals surface area contributed by atoms with Crippen molar-refractivity contribution in [2.45, 2.75) is 12.8 Å². The van der Waals surface area contributed by atoms with Crippen LogP contribution in [0.3, 0.4) is 0 Å². The molecule has 2 nitrogen and oxygen atoms in total. The van der Waals surface area contributed by atoms with Gasteiger partial charge in [-0.15, -0.1) is 0 Å². The number of hydrogen-bond donors (Lipinski definition) is 1. The molecule has 1 aliphatic rings. The SMILES string of the molecule is O=C(O)C1CC=C(c2ccccc2)C1. The summed E-state index contributed by atoms with van der Waals surface area (Å²) >= 11 is 0. The Morgan fingerprint density at radius 1 is 1.29 bits per heavy atom. The second kappa shape index (κ2) is 3.66. The standard InChI is InChI=1S/C12H12O2/c13-12(14)11-7-6-10(8-11)9-4-2-1-3-5-9/h1-6,11H,7-8H2,(H,13,14). The summed E-state index contributed by atoms with van der Waals surface area (Å²) in [6.07, 6.45) is 3.37. The molecule has 0 heterocycles. The number of benzene rings is 1. The summed E-state index contributed by atoms with van der Waals surface area (Å²) in [6, 6.07) is 9.97. The third-order valence-electron chi connectivity index (χ3n) is 2.61. The van der Waals surface area contributed by atoms with Gasteiger partial charge in [0.2, 0.25) is 0 Å². The number of aliphatic carboxylic acids is 1. The largest absolute Gasteiger partial charge is 0.481 e. The molecule has 0 amide bonds. The molecule has 1 aromatic carbocycles. The summed E-state index contributed by atoms with van der Waals surface area (Å²) in [5.41, 5.74) is 2.31. The summed E-state index contributed by atoms with van der Waals surface area (Å²) in [7, 11) is 0. The predicted molar refractivity (Wildman–Crippen MR) is 54.8 cm³/mol. The molecule has 1 unspecified atom stereocenters. The fourth-order valence-electron chi connectivity index (χ4n) is 1.79. The average Bonchev–Trinajstić information content (AvgIpc) is 2.68. The third-order valence-corrected chi connectivity index (χ3v) is 2.61. The van der Waals surface area contributed by atoms with E-state index in [9.17, 15) is 4.79 Å². The van der Waals surface area contributed by atoms with E-state index in [-0.39, 0.29) is 5.92 Å². The van der Waals surface area contributed by atoms with E-state index in [1.807, 2.05) is 36.4 Å². The van der Waals surface area contributed by atoms with Gasteiger partial charge in [-0.25, -0.2) is 0 Å². The monoisotopic (exact) mass is 188 g/mol. The molecule has 0 saturated heterocycles. The van der Waals surface area contributed by atoms with Crippen LogP contribution < -0.4 is 0 Å². The molecule has 0 aromatic heterocycles. The van der Waals surface area contributed by atoms with Crippen molar-refractivity contribution in [3.8, 4) is 0 Å². The van der Waals surface area contributed by atoms with Gasteiger partial charge in [0.15, 0.2) is 0 Å². The van der Waals surface area contributed by atoms with Crippen LogP contribution in [-0.2, 0) is 4.79 Å². The van der Waals surface area contributed by atoms with Crippen LogP contribution in [0.4, 0.5) is 0 Å².